The lowest BCUT2D eigenvalue weighted by Crippen LogP contribution is -2.51. The molecule has 0 bridgehead atoms. The Morgan fingerprint density at radius 1 is 1.48 bits per heavy atom. The summed E-state index contributed by atoms with van der Waals surface area (Å²) in [5, 5.41) is 21.8. The van der Waals surface area contributed by atoms with Crippen LogP contribution in [0.5, 0.6) is 5.75 Å². The molecule has 11 heteroatoms. The van der Waals surface area contributed by atoms with Crippen LogP contribution >= 0.6 is 11.8 Å². The zero-order valence-electron chi connectivity index (χ0n) is 14.3. The Morgan fingerprint density at radius 3 is 2.67 bits per heavy atom. The lowest BCUT2D eigenvalue weighted by molar-refractivity contribution is -0.245. The second-order valence-electron chi connectivity index (χ2n) is 6.13. The molecular formula is C16H17F3N2O5S. The minimum Gasteiger partial charge on any atom is -0.507 e. The number of methoxy groups -OCH3 is 1. The Hall–Kier alpha value is -2.27. The number of rotatable bonds is 6. The molecule has 1 amide bonds. The first kappa shape index (κ1) is 21.0. The van der Waals surface area contributed by atoms with Crippen molar-refractivity contribution in [3.8, 4) is 5.75 Å². The van der Waals surface area contributed by atoms with Crippen molar-refractivity contribution in [3.63, 3.8) is 0 Å². The van der Waals surface area contributed by atoms with Gasteiger partial charge in [-0.05, 0) is 24.6 Å². The van der Waals surface area contributed by atoms with Crippen LogP contribution in [0.3, 0.4) is 0 Å². The van der Waals surface area contributed by atoms with Crippen molar-refractivity contribution in [3.05, 3.63) is 29.3 Å². The number of carbonyl (C=O) groups excluding carboxylic acids is 2. The SMILES string of the molecule is COC(=O)[C@@](C)(Cc1ccc(O)c(C2=NC(O)(C(F)(F)F)CS2)c1)NC=O. The molecule has 1 aromatic rings. The maximum Gasteiger partial charge on any atom is 0.439 e. The Balaban J connectivity index is 2.39. The van der Waals surface area contributed by atoms with Crippen LogP contribution in [0.1, 0.15) is 18.1 Å². The summed E-state index contributed by atoms with van der Waals surface area (Å²) in [6.45, 7) is 1.42. The van der Waals surface area contributed by atoms with Gasteiger partial charge < -0.3 is 20.3 Å². The summed E-state index contributed by atoms with van der Waals surface area (Å²) in [5.41, 5.74) is -4.23. The number of halogens is 3. The smallest absolute Gasteiger partial charge is 0.439 e. The van der Waals surface area contributed by atoms with E-state index in [1.807, 2.05) is 0 Å². The fraction of sp³-hybridized carbons (Fsp3) is 0.438. The van der Waals surface area contributed by atoms with Gasteiger partial charge in [0.05, 0.1) is 12.9 Å². The highest BCUT2D eigenvalue weighted by Crippen LogP contribution is 2.42. The second kappa shape index (κ2) is 7.39. The Bertz CT molecular complexity index is 786. The fourth-order valence-electron chi connectivity index (χ4n) is 2.49. The summed E-state index contributed by atoms with van der Waals surface area (Å²) >= 11 is 0.648. The average Bonchev–Trinajstić information content (AvgIpc) is 2.99. The minimum absolute atomic E-state index is 0.0176. The standard InChI is InChI=1S/C16H17F3N2O5S/c1-14(20-8-22,13(24)26-2)6-9-3-4-11(23)10(5-9)12-21-15(25,7-27-12)16(17,18)19/h3-5,8,23,25H,6-7H2,1-2H3,(H,20,22)/t14-,15?/m1/s1. The molecule has 3 N–H and O–H groups in total. The van der Waals surface area contributed by atoms with E-state index in [1.54, 1.807) is 0 Å². The van der Waals surface area contributed by atoms with E-state index < -0.39 is 29.2 Å². The molecule has 0 aliphatic carbocycles. The number of aromatic hydroxyl groups is 1. The highest BCUT2D eigenvalue weighted by Gasteiger charge is 2.57. The molecule has 27 heavy (non-hydrogen) atoms. The number of thioether (sulfide) groups is 1. The van der Waals surface area contributed by atoms with Crippen LogP contribution < -0.4 is 5.32 Å². The Kier molecular flexibility index (Phi) is 5.76. The zero-order valence-corrected chi connectivity index (χ0v) is 15.1. The molecule has 0 fully saturated rings. The molecule has 1 heterocycles. The van der Waals surface area contributed by atoms with Crippen LogP contribution in [0.15, 0.2) is 23.2 Å². The minimum atomic E-state index is -4.95. The van der Waals surface area contributed by atoms with Crippen LogP contribution in [0.25, 0.3) is 0 Å². The third kappa shape index (κ3) is 4.19. The van der Waals surface area contributed by atoms with E-state index in [9.17, 15) is 33.0 Å². The van der Waals surface area contributed by atoms with Crippen molar-refractivity contribution in [1.82, 2.24) is 5.32 Å². The molecule has 1 aliphatic rings. The van der Waals surface area contributed by atoms with Gasteiger partial charge in [0.25, 0.3) is 5.72 Å². The number of nitrogens with one attached hydrogen (secondary N) is 1. The second-order valence-corrected chi connectivity index (χ2v) is 7.10. The average molecular weight is 406 g/mol. The van der Waals surface area contributed by atoms with Crippen LogP contribution in [0, 0.1) is 0 Å². The van der Waals surface area contributed by atoms with Gasteiger partial charge in [-0.15, -0.1) is 11.8 Å². The van der Waals surface area contributed by atoms with Crippen molar-refractivity contribution in [1.29, 1.82) is 0 Å². The van der Waals surface area contributed by atoms with E-state index in [0.29, 0.717) is 23.7 Å². The van der Waals surface area contributed by atoms with Crippen LogP contribution in [-0.2, 0) is 20.7 Å². The van der Waals surface area contributed by atoms with Crippen molar-refractivity contribution >= 4 is 29.2 Å². The van der Waals surface area contributed by atoms with E-state index in [-0.39, 0.29) is 22.8 Å². The van der Waals surface area contributed by atoms with E-state index in [2.05, 4.69) is 15.0 Å². The Morgan fingerprint density at radius 2 is 2.15 bits per heavy atom. The molecule has 1 unspecified atom stereocenters. The van der Waals surface area contributed by atoms with E-state index in [4.69, 9.17) is 0 Å². The molecule has 0 saturated heterocycles. The van der Waals surface area contributed by atoms with Crippen LogP contribution in [0.2, 0.25) is 0 Å². The van der Waals surface area contributed by atoms with Gasteiger partial charge in [0.15, 0.2) is 0 Å². The Labute approximate surface area is 156 Å². The number of ether oxygens (including phenoxy) is 1. The molecule has 0 aromatic heterocycles. The molecule has 2 atom stereocenters. The summed E-state index contributed by atoms with van der Waals surface area (Å²) in [6.07, 6.45) is -4.67. The van der Waals surface area contributed by atoms with Gasteiger partial charge >= 0.3 is 12.1 Å². The van der Waals surface area contributed by atoms with Crippen molar-refractivity contribution < 1.29 is 37.7 Å². The van der Waals surface area contributed by atoms with Crippen molar-refractivity contribution in [2.45, 2.75) is 30.8 Å². The summed E-state index contributed by atoms with van der Waals surface area (Å²) in [6, 6.07) is 4.02. The van der Waals surface area contributed by atoms with Gasteiger partial charge in [0.2, 0.25) is 6.41 Å². The summed E-state index contributed by atoms with van der Waals surface area (Å²) < 4.78 is 43.4. The third-order valence-corrected chi connectivity index (χ3v) is 5.14. The number of carbonyl (C=O) groups is 2. The van der Waals surface area contributed by atoms with E-state index in [0.717, 1.165) is 7.11 Å². The lowest BCUT2D eigenvalue weighted by atomic mass is 9.92. The number of alkyl halides is 3. The van der Waals surface area contributed by atoms with E-state index >= 15 is 0 Å². The van der Waals surface area contributed by atoms with Gasteiger partial charge in [-0.1, -0.05) is 6.07 Å². The topological polar surface area (TPSA) is 108 Å². The number of phenols is 1. The number of amides is 1. The normalized spacial score (nSPS) is 21.9. The maximum atomic E-state index is 12.9. The molecular weight excluding hydrogens is 389 g/mol. The molecule has 0 saturated carbocycles. The van der Waals surface area contributed by atoms with Gasteiger partial charge in [0, 0.05) is 12.0 Å². The van der Waals surface area contributed by atoms with Crippen LogP contribution in [-0.4, -0.2) is 57.9 Å². The summed E-state index contributed by atoms with van der Waals surface area (Å²) in [5.74, 6) is -1.79. The number of nitrogens with zero attached hydrogens (tertiary/aromatic N) is 1. The summed E-state index contributed by atoms with van der Waals surface area (Å²) in [4.78, 5) is 26.1. The molecule has 148 valence electrons. The monoisotopic (exact) mass is 406 g/mol. The third-order valence-electron chi connectivity index (χ3n) is 4.01. The number of aliphatic hydroxyl groups is 1. The maximum absolute atomic E-state index is 12.9. The number of aliphatic imine (C=N–C) groups is 1. The highest BCUT2D eigenvalue weighted by molar-refractivity contribution is 8.14. The first-order chi connectivity index (χ1) is 12.5. The van der Waals surface area contributed by atoms with Crippen molar-refractivity contribution in [2.24, 2.45) is 4.99 Å². The number of esters is 1. The van der Waals surface area contributed by atoms with Gasteiger partial charge in [-0.2, -0.15) is 13.2 Å². The molecule has 0 radical (unpaired) electrons. The predicted octanol–water partition coefficient (Wildman–Crippen LogP) is 1.36. The fourth-order valence-corrected chi connectivity index (χ4v) is 3.60. The zero-order chi connectivity index (χ0) is 20.5. The molecule has 7 nitrogen and oxygen atoms in total. The van der Waals surface area contributed by atoms with Gasteiger partial charge in [-0.25, -0.2) is 9.79 Å². The number of hydrogen-bond acceptors (Lipinski definition) is 7. The van der Waals surface area contributed by atoms with Gasteiger partial charge in [-0.3, -0.25) is 4.79 Å². The molecule has 2 rings (SSSR count). The highest BCUT2D eigenvalue weighted by atomic mass is 32.2. The van der Waals surface area contributed by atoms with Crippen LogP contribution in [0.4, 0.5) is 13.2 Å². The molecule has 1 aliphatic heterocycles. The number of phenolic OH excluding ortho intramolecular Hbond substituents is 1. The lowest BCUT2D eigenvalue weighted by Gasteiger charge is -2.26. The molecule has 1 aromatic carbocycles. The number of benzene rings is 1. The largest absolute Gasteiger partial charge is 0.507 e. The first-order valence-corrected chi connectivity index (χ1v) is 8.58. The van der Waals surface area contributed by atoms with Crippen molar-refractivity contribution in [2.75, 3.05) is 12.9 Å². The van der Waals surface area contributed by atoms with E-state index in [1.165, 1.54) is 25.1 Å². The predicted molar refractivity (Wildman–Crippen MR) is 91.4 cm³/mol. The summed E-state index contributed by atoms with van der Waals surface area (Å²) in [7, 11) is 1.15. The van der Waals surface area contributed by atoms with Gasteiger partial charge in [0.1, 0.15) is 16.3 Å². The first-order valence-electron chi connectivity index (χ1n) is 7.59. The molecule has 0 spiro atoms. The quantitative estimate of drug-likeness (QED) is 0.486. The number of hydrogen-bond donors (Lipinski definition) is 3.